The Bertz CT molecular complexity index is 30.9. The molecule has 0 bridgehead atoms. The maximum atomic E-state index is 4.78. The van der Waals surface area contributed by atoms with Gasteiger partial charge < -0.3 is 4.84 Å². The molecule has 0 aromatic rings. The van der Waals surface area contributed by atoms with Crippen LogP contribution in [0.2, 0.25) is 0 Å². The Kier molecular flexibility index (Phi) is 6.51. The lowest BCUT2D eigenvalue weighted by molar-refractivity contribution is 0.0554. The molecule has 0 saturated heterocycles. The highest BCUT2D eigenvalue weighted by atomic mass is 32.1. The molecule has 0 unspecified atom stereocenters. The van der Waals surface area contributed by atoms with E-state index in [1.54, 1.807) is 0 Å². The summed E-state index contributed by atoms with van der Waals surface area (Å²) in [6.07, 6.45) is 0. The van der Waals surface area contributed by atoms with Crippen LogP contribution in [0.25, 0.3) is 0 Å². The minimum absolute atomic E-state index is 0.716. The van der Waals surface area contributed by atoms with E-state index in [1.165, 1.54) is 0 Å². The normalized spacial score (nSPS) is 9.43. The quantitative estimate of drug-likeness (QED) is 0.320. The highest BCUT2D eigenvalue weighted by Gasteiger charge is 1.76. The maximum absolute atomic E-state index is 4.78. The first-order chi connectivity index (χ1) is 3.41. The second-order valence-electron chi connectivity index (χ2n) is 1.05. The summed E-state index contributed by atoms with van der Waals surface area (Å²) in [5, 5.41) is 0. The molecule has 0 fully saturated rings. The molecule has 7 heavy (non-hydrogen) atoms. The van der Waals surface area contributed by atoms with Gasteiger partial charge in [0, 0.05) is 12.3 Å². The molecule has 0 amide bonds. The molecule has 0 aromatic heterocycles. The molecule has 0 aliphatic rings. The van der Waals surface area contributed by atoms with Crippen LogP contribution in [-0.4, -0.2) is 18.9 Å². The topological polar surface area (TPSA) is 21.3 Å². The summed E-state index contributed by atoms with van der Waals surface area (Å²) in [5.74, 6) is 0.819. The maximum Gasteiger partial charge on any atom is 0.0653 e. The first kappa shape index (κ1) is 7.27. The van der Waals surface area contributed by atoms with Gasteiger partial charge in [-0.25, -0.2) is 5.48 Å². The van der Waals surface area contributed by atoms with Gasteiger partial charge in [0.15, 0.2) is 0 Å². The van der Waals surface area contributed by atoms with Gasteiger partial charge >= 0.3 is 0 Å². The fraction of sp³-hybridized carbons (Fsp3) is 1.00. The zero-order valence-electron chi connectivity index (χ0n) is 4.48. The van der Waals surface area contributed by atoms with Gasteiger partial charge in [0.25, 0.3) is 0 Å². The Morgan fingerprint density at radius 2 is 2.43 bits per heavy atom. The Morgan fingerprint density at radius 3 is 2.86 bits per heavy atom. The van der Waals surface area contributed by atoms with Gasteiger partial charge in [-0.2, -0.15) is 12.6 Å². The Morgan fingerprint density at radius 1 is 1.71 bits per heavy atom. The third-order valence-corrected chi connectivity index (χ3v) is 0.684. The van der Waals surface area contributed by atoms with Crippen molar-refractivity contribution in [1.29, 1.82) is 0 Å². The largest absolute Gasteiger partial charge is 0.302 e. The standard InChI is InChI=1S/C4H11NOS/c1-2-6-5-3-4-7/h5,7H,2-4H2,1H3. The smallest absolute Gasteiger partial charge is 0.0653 e. The van der Waals surface area contributed by atoms with Crippen molar-refractivity contribution in [2.24, 2.45) is 0 Å². The molecule has 0 radical (unpaired) electrons. The lowest BCUT2D eigenvalue weighted by atomic mass is 10.8. The summed E-state index contributed by atoms with van der Waals surface area (Å²) >= 11 is 3.95. The molecule has 0 aliphatic carbocycles. The summed E-state index contributed by atoms with van der Waals surface area (Å²) in [6.45, 7) is 3.47. The number of hydroxylamine groups is 1. The zero-order chi connectivity index (χ0) is 5.54. The lowest BCUT2D eigenvalue weighted by Crippen LogP contribution is -2.16. The summed E-state index contributed by atoms with van der Waals surface area (Å²) in [7, 11) is 0. The van der Waals surface area contributed by atoms with Crippen molar-refractivity contribution in [2.45, 2.75) is 6.92 Å². The SMILES string of the molecule is CCONCCS. The van der Waals surface area contributed by atoms with Crippen molar-refractivity contribution in [3.8, 4) is 0 Å². The number of hydrogen-bond acceptors (Lipinski definition) is 3. The van der Waals surface area contributed by atoms with Crippen molar-refractivity contribution in [3.05, 3.63) is 0 Å². The van der Waals surface area contributed by atoms with Crippen molar-refractivity contribution in [1.82, 2.24) is 5.48 Å². The van der Waals surface area contributed by atoms with E-state index in [-0.39, 0.29) is 0 Å². The van der Waals surface area contributed by atoms with Crippen LogP contribution in [0.1, 0.15) is 6.92 Å². The van der Waals surface area contributed by atoms with Gasteiger partial charge in [-0.3, -0.25) is 0 Å². The van der Waals surface area contributed by atoms with E-state index in [0.29, 0.717) is 6.61 Å². The van der Waals surface area contributed by atoms with E-state index >= 15 is 0 Å². The molecular formula is C4H11NOS. The number of rotatable bonds is 4. The van der Waals surface area contributed by atoms with E-state index in [1.807, 2.05) is 6.92 Å². The first-order valence-electron chi connectivity index (χ1n) is 2.37. The Balaban J connectivity index is 2.45. The molecule has 2 nitrogen and oxygen atoms in total. The summed E-state index contributed by atoms with van der Waals surface area (Å²) in [4.78, 5) is 4.78. The van der Waals surface area contributed by atoms with Crippen LogP contribution in [0.5, 0.6) is 0 Å². The second kappa shape index (κ2) is 6.27. The van der Waals surface area contributed by atoms with Crippen molar-refractivity contribution in [3.63, 3.8) is 0 Å². The number of nitrogens with one attached hydrogen (secondary N) is 1. The van der Waals surface area contributed by atoms with Crippen molar-refractivity contribution in [2.75, 3.05) is 18.9 Å². The monoisotopic (exact) mass is 121 g/mol. The molecule has 0 aromatic carbocycles. The van der Waals surface area contributed by atoms with Crippen LogP contribution in [0, 0.1) is 0 Å². The third-order valence-electron chi connectivity index (χ3n) is 0.460. The van der Waals surface area contributed by atoms with Crippen LogP contribution in [0.3, 0.4) is 0 Å². The highest BCUT2D eigenvalue weighted by molar-refractivity contribution is 7.80. The fourth-order valence-electron chi connectivity index (χ4n) is 0.220. The summed E-state index contributed by atoms with van der Waals surface area (Å²) in [5.41, 5.74) is 2.71. The summed E-state index contributed by atoms with van der Waals surface area (Å²) in [6, 6.07) is 0. The zero-order valence-corrected chi connectivity index (χ0v) is 5.37. The lowest BCUT2D eigenvalue weighted by Gasteiger charge is -1.97. The third kappa shape index (κ3) is 6.27. The molecule has 0 aliphatic heterocycles. The van der Waals surface area contributed by atoms with Gasteiger partial charge in [-0.1, -0.05) is 0 Å². The van der Waals surface area contributed by atoms with Gasteiger partial charge in [0.2, 0.25) is 0 Å². The minimum Gasteiger partial charge on any atom is -0.302 e. The van der Waals surface area contributed by atoms with Gasteiger partial charge in [-0.05, 0) is 6.92 Å². The van der Waals surface area contributed by atoms with Gasteiger partial charge in [0.05, 0.1) is 6.61 Å². The predicted octanol–water partition coefficient (Wildman–Crippen LogP) is 0.457. The minimum atomic E-state index is 0.716. The van der Waals surface area contributed by atoms with Crippen LogP contribution in [0.15, 0.2) is 0 Å². The molecule has 0 heterocycles. The van der Waals surface area contributed by atoms with Crippen molar-refractivity contribution < 1.29 is 4.84 Å². The molecule has 1 N–H and O–H groups in total. The second-order valence-corrected chi connectivity index (χ2v) is 1.50. The van der Waals surface area contributed by atoms with Gasteiger partial charge in [0.1, 0.15) is 0 Å². The van der Waals surface area contributed by atoms with Gasteiger partial charge in [-0.15, -0.1) is 0 Å². The Hall–Kier alpha value is 0.270. The fourth-order valence-corrected chi connectivity index (χ4v) is 0.311. The van der Waals surface area contributed by atoms with E-state index in [0.717, 1.165) is 12.3 Å². The van der Waals surface area contributed by atoms with E-state index in [4.69, 9.17) is 4.84 Å². The van der Waals surface area contributed by atoms with Crippen LogP contribution in [-0.2, 0) is 4.84 Å². The predicted molar refractivity (Wildman–Crippen MR) is 33.5 cm³/mol. The van der Waals surface area contributed by atoms with Crippen LogP contribution in [0.4, 0.5) is 0 Å². The average Bonchev–Trinajstić information content (AvgIpc) is 1.69. The van der Waals surface area contributed by atoms with Crippen molar-refractivity contribution >= 4 is 12.6 Å². The average molecular weight is 121 g/mol. The van der Waals surface area contributed by atoms with Crippen LogP contribution >= 0.6 is 12.6 Å². The van der Waals surface area contributed by atoms with E-state index < -0.39 is 0 Å². The van der Waals surface area contributed by atoms with Crippen LogP contribution < -0.4 is 5.48 Å². The molecule has 44 valence electrons. The molecule has 0 atom stereocenters. The number of hydrogen-bond donors (Lipinski definition) is 2. The molecule has 0 rings (SSSR count). The van der Waals surface area contributed by atoms with E-state index in [9.17, 15) is 0 Å². The van der Waals surface area contributed by atoms with E-state index in [2.05, 4.69) is 18.1 Å². The molecular weight excluding hydrogens is 110 g/mol. The first-order valence-corrected chi connectivity index (χ1v) is 3.00. The molecule has 0 spiro atoms. The highest BCUT2D eigenvalue weighted by Crippen LogP contribution is 1.68. The molecule has 3 heteroatoms. The Labute approximate surface area is 49.6 Å². The summed E-state index contributed by atoms with van der Waals surface area (Å²) < 4.78 is 0. The molecule has 0 saturated carbocycles. The number of thiol groups is 1.